The number of methoxy groups -OCH3 is 1. The molecule has 0 aromatic carbocycles. The van der Waals surface area contributed by atoms with Crippen molar-refractivity contribution in [2.24, 2.45) is 0 Å². The number of nitrogens with zero attached hydrogens (tertiary/aromatic N) is 1. The molecule has 0 spiro atoms. The fourth-order valence-electron chi connectivity index (χ4n) is 0.522. The van der Waals surface area contributed by atoms with Gasteiger partial charge in [0.1, 0.15) is 0 Å². The maximum absolute atomic E-state index is 5.33. The van der Waals surface area contributed by atoms with E-state index < -0.39 is 0 Å². The summed E-state index contributed by atoms with van der Waals surface area (Å²) in [4.78, 5) is 0. The van der Waals surface area contributed by atoms with Gasteiger partial charge in [-0.15, -0.1) is 0 Å². The van der Waals surface area contributed by atoms with Crippen LogP contribution in [0.4, 0.5) is 5.82 Å². The van der Waals surface area contributed by atoms with Crippen molar-refractivity contribution in [2.45, 2.75) is 6.92 Å². The molecule has 0 saturated carbocycles. The average Bonchev–Trinajstić information content (AvgIpc) is 2.15. The lowest BCUT2D eigenvalue weighted by atomic mass is 10.4. The fraction of sp³-hybridized carbons (Fsp3) is 0.400. The Morgan fingerprint density at radius 1 is 1.67 bits per heavy atom. The van der Waals surface area contributed by atoms with Crippen LogP contribution in [-0.4, -0.2) is 12.3 Å². The molecule has 0 saturated heterocycles. The molecule has 9 heavy (non-hydrogen) atoms. The Hall–Kier alpha value is -1.19. The van der Waals surface area contributed by atoms with Crippen molar-refractivity contribution < 1.29 is 9.26 Å². The number of hydrogen-bond donors (Lipinski definition) is 1. The van der Waals surface area contributed by atoms with Crippen LogP contribution in [0.2, 0.25) is 0 Å². The molecule has 4 heteroatoms. The van der Waals surface area contributed by atoms with Gasteiger partial charge in [0.25, 0.3) is 0 Å². The molecule has 1 aromatic heterocycles. The number of rotatable bonds is 1. The Bertz CT molecular complexity index is 207. The normalized spacial score (nSPS) is 9.56. The first kappa shape index (κ1) is 5.94. The number of aromatic nitrogens is 1. The lowest BCUT2D eigenvalue weighted by Gasteiger charge is -1.89. The predicted molar refractivity (Wildman–Crippen MR) is 32.2 cm³/mol. The molecular formula is C5H8N2O2. The Balaban J connectivity index is 3.04. The third kappa shape index (κ3) is 0.826. The van der Waals surface area contributed by atoms with Crippen molar-refractivity contribution in [3.63, 3.8) is 0 Å². The van der Waals surface area contributed by atoms with Crippen molar-refractivity contribution in [1.29, 1.82) is 0 Å². The number of ether oxygens (including phenoxy) is 1. The average molecular weight is 128 g/mol. The van der Waals surface area contributed by atoms with E-state index >= 15 is 0 Å². The molecule has 0 amide bonds. The maximum Gasteiger partial charge on any atom is 0.316 e. The summed E-state index contributed by atoms with van der Waals surface area (Å²) in [5.74, 6) is 0.763. The minimum Gasteiger partial charge on any atom is -0.467 e. The van der Waals surface area contributed by atoms with Crippen LogP contribution < -0.4 is 10.5 Å². The zero-order chi connectivity index (χ0) is 6.85. The highest BCUT2D eigenvalue weighted by Crippen LogP contribution is 2.21. The number of hydrogen-bond acceptors (Lipinski definition) is 4. The molecule has 0 aliphatic rings. The summed E-state index contributed by atoms with van der Waals surface area (Å²) in [6.07, 6.45) is 0. The van der Waals surface area contributed by atoms with Crippen LogP contribution in [0.1, 0.15) is 5.56 Å². The van der Waals surface area contributed by atoms with E-state index in [0.717, 1.165) is 5.56 Å². The summed E-state index contributed by atoms with van der Waals surface area (Å²) < 4.78 is 9.40. The van der Waals surface area contributed by atoms with Gasteiger partial charge in [-0.1, -0.05) is 5.16 Å². The summed E-state index contributed by atoms with van der Waals surface area (Å²) in [6, 6.07) is 0. The van der Waals surface area contributed by atoms with Crippen LogP contribution in [0, 0.1) is 6.92 Å². The molecule has 1 aromatic rings. The van der Waals surface area contributed by atoms with Gasteiger partial charge in [0.15, 0.2) is 5.82 Å². The van der Waals surface area contributed by atoms with Gasteiger partial charge in [-0.25, -0.2) is 0 Å². The van der Waals surface area contributed by atoms with Crippen LogP contribution in [0.25, 0.3) is 0 Å². The van der Waals surface area contributed by atoms with Gasteiger partial charge in [0.2, 0.25) is 0 Å². The van der Waals surface area contributed by atoms with Crippen LogP contribution >= 0.6 is 0 Å². The maximum atomic E-state index is 5.33. The fourth-order valence-corrected chi connectivity index (χ4v) is 0.522. The molecule has 0 radical (unpaired) electrons. The smallest absolute Gasteiger partial charge is 0.316 e. The second-order valence-electron chi connectivity index (χ2n) is 1.68. The second kappa shape index (κ2) is 1.97. The summed E-state index contributed by atoms with van der Waals surface area (Å²) in [7, 11) is 1.51. The van der Waals surface area contributed by atoms with E-state index in [2.05, 4.69) is 9.68 Å². The van der Waals surface area contributed by atoms with Crippen molar-refractivity contribution in [3.05, 3.63) is 5.56 Å². The van der Waals surface area contributed by atoms with Crippen LogP contribution in [0.5, 0.6) is 5.95 Å². The van der Waals surface area contributed by atoms with E-state index in [4.69, 9.17) is 10.5 Å². The van der Waals surface area contributed by atoms with E-state index in [1.165, 1.54) is 7.11 Å². The minimum atomic E-state index is 0.381. The Morgan fingerprint density at radius 2 is 2.33 bits per heavy atom. The molecule has 1 heterocycles. The van der Waals surface area contributed by atoms with Crippen LogP contribution in [0.15, 0.2) is 4.52 Å². The zero-order valence-electron chi connectivity index (χ0n) is 5.34. The summed E-state index contributed by atoms with van der Waals surface area (Å²) >= 11 is 0. The molecule has 50 valence electrons. The largest absolute Gasteiger partial charge is 0.467 e. The van der Waals surface area contributed by atoms with Gasteiger partial charge in [-0.2, -0.15) is 0 Å². The molecule has 0 unspecified atom stereocenters. The number of anilines is 1. The Kier molecular flexibility index (Phi) is 1.30. The quantitative estimate of drug-likeness (QED) is 0.600. The Morgan fingerprint density at radius 3 is 2.56 bits per heavy atom. The molecule has 0 fully saturated rings. The van der Waals surface area contributed by atoms with Gasteiger partial charge < -0.3 is 15.0 Å². The van der Waals surface area contributed by atoms with E-state index in [9.17, 15) is 0 Å². The predicted octanol–water partition coefficient (Wildman–Crippen LogP) is 0.574. The highest BCUT2D eigenvalue weighted by molar-refractivity contribution is 5.41. The summed E-state index contributed by atoms with van der Waals surface area (Å²) in [5, 5.41) is 3.46. The van der Waals surface area contributed by atoms with Gasteiger partial charge in [0.05, 0.1) is 12.7 Å². The molecule has 1 rings (SSSR count). The number of nitrogen functional groups attached to an aromatic ring is 1. The first-order valence-electron chi connectivity index (χ1n) is 2.51. The standard InChI is InChI=1S/C5H8N2O2/c1-3-4(6)7-9-5(3)8-2/h1-2H3,(H2,6,7). The van der Waals surface area contributed by atoms with E-state index in [1.54, 1.807) is 6.92 Å². The van der Waals surface area contributed by atoms with Gasteiger partial charge in [-0.3, -0.25) is 0 Å². The highest BCUT2D eigenvalue weighted by Gasteiger charge is 2.06. The van der Waals surface area contributed by atoms with E-state index in [0.29, 0.717) is 11.8 Å². The second-order valence-corrected chi connectivity index (χ2v) is 1.68. The SMILES string of the molecule is COc1onc(N)c1C. The van der Waals surface area contributed by atoms with Gasteiger partial charge >= 0.3 is 5.95 Å². The van der Waals surface area contributed by atoms with Crippen LogP contribution in [0.3, 0.4) is 0 Å². The molecule has 0 aliphatic heterocycles. The highest BCUT2D eigenvalue weighted by atomic mass is 16.6. The summed E-state index contributed by atoms with van der Waals surface area (Å²) in [6.45, 7) is 1.78. The molecule has 2 N–H and O–H groups in total. The minimum absolute atomic E-state index is 0.381. The van der Waals surface area contributed by atoms with Crippen molar-refractivity contribution in [1.82, 2.24) is 5.16 Å². The van der Waals surface area contributed by atoms with Crippen molar-refractivity contribution in [3.8, 4) is 5.95 Å². The van der Waals surface area contributed by atoms with Crippen molar-refractivity contribution in [2.75, 3.05) is 12.8 Å². The molecular weight excluding hydrogens is 120 g/mol. The zero-order valence-corrected chi connectivity index (χ0v) is 5.34. The summed E-state index contributed by atoms with van der Waals surface area (Å²) in [5.41, 5.74) is 6.08. The topological polar surface area (TPSA) is 61.3 Å². The first-order chi connectivity index (χ1) is 4.25. The first-order valence-corrected chi connectivity index (χ1v) is 2.51. The molecule has 0 atom stereocenters. The van der Waals surface area contributed by atoms with E-state index in [-0.39, 0.29) is 0 Å². The number of nitrogens with two attached hydrogens (primary N) is 1. The third-order valence-corrected chi connectivity index (χ3v) is 1.10. The lowest BCUT2D eigenvalue weighted by molar-refractivity contribution is 0.260. The van der Waals surface area contributed by atoms with Crippen molar-refractivity contribution >= 4 is 5.82 Å². The Labute approximate surface area is 52.6 Å². The molecule has 0 aliphatic carbocycles. The van der Waals surface area contributed by atoms with Gasteiger partial charge in [0, 0.05) is 0 Å². The van der Waals surface area contributed by atoms with Crippen LogP contribution in [-0.2, 0) is 0 Å². The molecule has 0 bridgehead atoms. The van der Waals surface area contributed by atoms with E-state index in [1.807, 2.05) is 0 Å². The third-order valence-electron chi connectivity index (χ3n) is 1.10. The molecule has 4 nitrogen and oxygen atoms in total. The lowest BCUT2D eigenvalue weighted by Crippen LogP contribution is -1.87. The monoisotopic (exact) mass is 128 g/mol. The van der Waals surface area contributed by atoms with Gasteiger partial charge in [-0.05, 0) is 6.92 Å².